The molecule has 6 heteroatoms. The van der Waals surface area contributed by atoms with Gasteiger partial charge in [-0.3, -0.25) is 9.52 Å². The van der Waals surface area contributed by atoms with Crippen molar-refractivity contribution < 1.29 is 13.2 Å². The van der Waals surface area contributed by atoms with Gasteiger partial charge in [0, 0.05) is 11.6 Å². The van der Waals surface area contributed by atoms with E-state index in [4.69, 9.17) is 0 Å². The van der Waals surface area contributed by atoms with Crippen LogP contribution in [0.3, 0.4) is 0 Å². The van der Waals surface area contributed by atoms with E-state index in [1.165, 1.54) is 0 Å². The fraction of sp³-hybridized carbons (Fsp3) is 0.462. The minimum Gasteiger partial charge on any atom is -0.350 e. The first-order chi connectivity index (χ1) is 8.74. The molecule has 0 spiro atoms. The molecule has 0 saturated carbocycles. The molecule has 1 aromatic rings. The van der Waals surface area contributed by atoms with Crippen LogP contribution < -0.4 is 10.0 Å². The first-order valence-corrected chi connectivity index (χ1v) is 8.02. The molecule has 0 saturated heterocycles. The molecule has 1 rings (SSSR count). The SMILES string of the molecule is CC[C@@H](C)NC(=O)c1cccc(NS(C)(=O)=O)c1C. The molecule has 0 aromatic heterocycles. The molecule has 19 heavy (non-hydrogen) atoms. The average molecular weight is 284 g/mol. The van der Waals surface area contributed by atoms with Crippen molar-refractivity contribution in [3.8, 4) is 0 Å². The molecule has 0 radical (unpaired) electrons. The van der Waals surface area contributed by atoms with Crippen molar-refractivity contribution in [3.05, 3.63) is 29.3 Å². The fourth-order valence-corrected chi connectivity index (χ4v) is 2.22. The van der Waals surface area contributed by atoms with Gasteiger partial charge in [0.15, 0.2) is 0 Å². The second-order valence-electron chi connectivity index (χ2n) is 4.64. The number of sulfonamides is 1. The van der Waals surface area contributed by atoms with Gasteiger partial charge in [0.25, 0.3) is 5.91 Å². The highest BCUT2D eigenvalue weighted by molar-refractivity contribution is 7.92. The summed E-state index contributed by atoms with van der Waals surface area (Å²) in [6.07, 6.45) is 1.92. The van der Waals surface area contributed by atoms with Crippen LogP contribution in [0.1, 0.15) is 36.2 Å². The molecule has 106 valence electrons. The first kappa shape index (κ1) is 15.5. The predicted octanol–water partition coefficient (Wildman–Crippen LogP) is 1.89. The van der Waals surface area contributed by atoms with Gasteiger partial charge in [0.1, 0.15) is 0 Å². The molecule has 2 N–H and O–H groups in total. The Kier molecular flexibility index (Phi) is 4.94. The highest BCUT2D eigenvalue weighted by Gasteiger charge is 2.14. The summed E-state index contributed by atoms with van der Waals surface area (Å²) < 4.78 is 24.9. The van der Waals surface area contributed by atoms with Crippen LogP contribution in [0.4, 0.5) is 5.69 Å². The molecule has 0 fully saturated rings. The third-order valence-electron chi connectivity index (χ3n) is 2.86. The van der Waals surface area contributed by atoms with Gasteiger partial charge in [0.2, 0.25) is 10.0 Å². The van der Waals surface area contributed by atoms with Gasteiger partial charge >= 0.3 is 0 Å². The molecule has 1 amide bonds. The quantitative estimate of drug-likeness (QED) is 0.867. The molecular weight excluding hydrogens is 264 g/mol. The van der Waals surface area contributed by atoms with Crippen LogP contribution >= 0.6 is 0 Å². The van der Waals surface area contributed by atoms with E-state index in [2.05, 4.69) is 10.0 Å². The number of carbonyl (C=O) groups excluding carboxylic acids is 1. The number of rotatable bonds is 5. The molecule has 0 bridgehead atoms. The first-order valence-electron chi connectivity index (χ1n) is 6.13. The number of nitrogens with one attached hydrogen (secondary N) is 2. The fourth-order valence-electron chi connectivity index (χ4n) is 1.60. The lowest BCUT2D eigenvalue weighted by Crippen LogP contribution is -2.32. The second kappa shape index (κ2) is 6.06. The third kappa shape index (κ3) is 4.55. The summed E-state index contributed by atoms with van der Waals surface area (Å²) >= 11 is 0. The zero-order chi connectivity index (χ0) is 14.6. The number of amides is 1. The number of anilines is 1. The lowest BCUT2D eigenvalue weighted by molar-refractivity contribution is 0.0938. The van der Waals surface area contributed by atoms with Crippen molar-refractivity contribution >= 4 is 21.6 Å². The van der Waals surface area contributed by atoms with Crippen molar-refractivity contribution in [1.82, 2.24) is 5.32 Å². The summed E-state index contributed by atoms with van der Waals surface area (Å²) in [4.78, 5) is 12.1. The van der Waals surface area contributed by atoms with Crippen molar-refractivity contribution in [3.63, 3.8) is 0 Å². The highest BCUT2D eigenvalue weighted by Crippen LogP contribution is 2.20. The Morgan fingerprint density at radius 3 is 2.53 bits per heavy atom. The van der Waals surface area contributed by atoms with Crippen LogP contribution in [-0.2, 0) is 10.0 Å². The number of carbonyl (C=O) groups is 1. The van der Waals surface area contributed by atoms with E-state index in [9.17, 15) is 13.2 Å². The van der Waals surface area contributed by atoms with Crippen LogP contribution in [0, 0.1) is 6.92 Å². The number of benzene rings is 1. The Morgan fingerprint density at radius 2 is 2.00 bits per heavy atom. The van der Waals surface area contributed by atoms with Crippen molar-refractivity contribution in [2.75, 3.05) is 11.0 Å². The minimum absolute atomic E-state index is 0.0819. The molecule has 0 unspecified atom stereocenters. The minimum atomic E-state index is -3.35. The molecular formula is C13H20N2O3S. The third-order valence-corrected chi connectivity index (χ3v) is 3.45. The Bertz CT molecular complexity index is 567. The maximum absolute atomic E-state index is 12.1. The monoisotopic (exact) mass is 284 g/mol. The number of hydrogen-bond donors (Lipinski definition) is 2. The van der Waals surface area contributed by atoms with Crippen LogP contribution in [0.2, 0.25) is 0 Å². The molecule has 0 heterocycles. The molecule has 5 nitrogen and oxygen atoms in total. The van der Waals surface area contributed by atoms with Gasteiger partial charge in [-0.1, -0.05) is 13.0 Å². The van der Waals surface area contributed by atoms with Gasteiger partial charge in [0.05, 0.1) is 11.9 Å². The maximum atomic E-state index is 12.1. The van der Waals surface area contributed by atoms with Crippen molar-refractivity contribution in [2.24, 2.45) is 0 Å². The van der Waals surface area contributed by atoms with Crippen LogP contribution in [0.5, 0.6) is 0 Å². The van der Waals surface area contributed by atoms with E-state index < -0.39 is 10.0 Å². The topological polar surface area (TPSA) is 75.3 Å². The largest absolute Gasteiger partial charge is 0.350 e. The van der Waals surface area contributed by atoms with Crippen molar-refractivity contribution in [2.45, 2.75) is 33.2 Å². The Balaban J connectivity index is 3.04. The maximum Gasteiger partial charge on any atom is 0.251 e. The zero-order valence-electron chi connectivity index (χ0n) is 11.6. The van der Waals surface area contributed by atoms with E-state index in [0.717, 1.165) is 12.7 Å². The summed E-state index contributed by atoms with van der Waals surface area (Å²) in [5.74, 6) is -0.191. The van der Waals surface area contributed by atoms with E-state index in [-0.39, 0.29) is 11.9 Å². The summed E-state index contributed by atoms with van der Waals surface area (Å²) in [6, 6.07) is 5.06. The zero-order valence-corrected chi connectivity index (χ0v) is 12.5. The summed E-state index contributed by atoms with van der Waals surface area (Å²) in [5.41, 5.74) is 1.53. The van der Waals surface area contributed by atoms with Crippen LogP contribution in [-0.4, -0.2) is 26.6 Å². The van der Waals surface area contributed by atoms with E-state index >= 15 is 0 Å². The average Bonchev–Trinajstić information content (AvgIpc) is 2.29. The second-order valence-corrected chi connectivity index (χ2v) is 6.38. The molecule has 0 aliphatic carbocycles. The van der Waals surface area contributed by atoms with Gasteiger partial charge in [-0.25, -0.2) is 8.42 Å². The summed E-state index contributed by atoms with van der Waals surface area (Å²) in [6.45, 7) is 5.63. The van der Waals surface area contributed by atoms with Crippen molar-refractivity contribution in [1.29, 1.82) is 0 Å². The van der Waals surface area contributed by atoms with E-state index in [0.29, 0.717) is 16.8 Å². The number of hydrogen-bond acceptors (Lipinski definition) is 3. The summed E-state index contributed by atoms with van der Waals surface area (Å²) in [7, 11) is -3.35. The van der Waals surface area contributed by atoms with Crippen LogP contribution in [0.15, 0.2) is 18.2 Å². The highest BCUT2D eigenvalue weighted by atomic mass is 32.2. The normalized spacial score (nSPS) is 12.8. The lowest BCUT2D eigenvalue weighted by atomic mass is 10.1. The molecule has 1 atom stereocenters. The Labute approximate surface area is 114 Å². The van der Waals surface area contributed by atoms with Gasteiger partial charge in [-0.2, -0.15) is 0 Å². The predicted molar refractivity (Wildman–Crippen MR) is 76.9 cm³/mol. The van der Waals surface area contributed by atoms with Gasteiger partial charge in [-0.15, -0.1) is 0 Å². The van der Waals surface area contributed by atoms with Gasteiger partial charge < -0.3 is 5.32 Å². The van der Waals surface area contributed by atoms with Gasteiger partial charge in [-0.05, 0) is 38.0 Å². The molecule has 1 aromatic carbocycles. The van der Waals surface area contributed by atoms with Crippen LogP contribution in [0.25, 0.3) is 0 Å². The van der Waals surface area contributed by atoms with E-state index in [1.54, 1.807) is 25.1 Å². The summed E-state index contributed by atoms with van der Waals surface area (Å²) in [5, 5.41) is 2.86. The Hall–Kier alpha value is -1.56. The lowest BCUT2D eigenvalue weighted by Gasteiger charge is -2.15. The smallest absolute Gasteiger partial charge is 0.251 e. The molecule has 0 aliphatic heterocycles. The standard InChI is InChI=1S/C13H20N2O3S/c1-5-9(2)14-13(16)11-7-6-8-12(10(11)3)15-19(4,17)18/h6-9,15H,5H2,1-4H3,(H,14,16)/t9-/m1/s1. The molecule has 0 aliphatic rings. The van der Waals surface area contributed by atoms with E-state index in [1.807, 2.05) is 13.8 Å². The Morgan fingerprint density at radius 1 is 1.37 bits per heavy atom.